The van der Waals surface area contributed by atoms with Gasteiger partial charge in [0, 0.05) is 37.9 Å². The number of nitrogens with zero attached hydrogens (tertiary/aromatic N) is 8. The molecule has 0 aliphatic carbocycles. The summed E-state index contributed by atoms with van der Waals surface area (Å²) in [5.41, 5.74) is 3.01. The van der Waals surface area contributed by atoms with Gasteiger partial charge in [0.25, 0.3) is 0 Å². The van der Waals surface area contributed by atoms with Crippen molar-refractivity contribution in [3.05, 3.63) is 47.8 Å². The Morgan fingerprint density at radius 1 is 0.969 bits per heavy atom. The number of piperazine rings is 1. The lowest BCUT2D eigenvalue weighted by Crippen LogP contribution is -2.49. The van der Waals surface area contributed by atoms with Crippen LogP contribution in [0.25, 0.3) is 16.9 Å². The molecule has 1 saturated heterocycles. The third-order valence-electron chi connectivity index (χ3n) is 5.74. The normalized spacial score (nSPS) is 15.5. The Morgan fingerprint density at radius 3 is 2.44 bits per heavy atom. The lowest BCUT2D eigenvalue weighted by Gasteiger charge is -2.34. The van der Waals surface area contributed by atoms with Crippen LogP contribution in [0.3, 0.4) is 0 Å². The monoisotopic (exact) mass is 470 g/mol. The molecule has 4 aromatic rings. The first kappa shape index (κ1) is 20.9. The lowest BCUT2D eigenvalue weighted by atomic mass is 10.3. The second kappa shape index (κ2) is 7.87. The summed E-state index contributed by atoms with van der Waals surface area (Å²) in [6.07, 6.45) is 1.76. The van der Waals surface area contributed by atoms with Gasteiger partial charge in [-0.2, -0.15) is 13.1 Å². The standard InChI is InChI=1S/C20H22N8O2S2/c1-13-14(2)28(12-21-13)19-11-18(22-15(3)23-19)26-7-9-27(10-8-26)32(29,30)17-6-4-5-16-20(17)25-31-24-16/h4-6,11-12H,7-10H2,1-3H3. The highest BCUT2D eigenvalue weighted by Gasteiger charge is 2.31. The van der Waals surface area contributed by atoms with Crippen molar-refractivity contribution < 1.29 is 8.42 Å². The van der Waals surface area contributed by atoms with Crippen molar-refractivity contribution in [2.45, 2.75) is 25.7 Å². The van der Waals surface area contributed by atoms with Gasteiger partial charge in [-0.05, 0) is 32.9 Å². The highest BCUT2D eigenvalue weighted by molar-refractivity contribution is 7.89. The van der Waals surface area contributed by atoms with E-state index in [0.29, 0.717) is 43.0 Å². The highest BCUT2D eigenvalue weighted by Crippen LogP contribution is 2.26. The number of aromatic nitrogens is 6. The molecule has 0 radical (unpaired) electrons. The van der Waals surface area contributed by atoms with Crippen molar-refractivity contribution in [2.75, 3.05) is 31.1 Å². The minimum atomic E-state index is -3.66. The summed E-state index contributed by atoms with van der Waals surface area (Å²) in [4.78, 5) is 15.8. The fourth-order valence-corrected chi connectivity index (χ4v) is 6.01. The van der Waals surface area contributed by atoms with Crippen LogP contribution in [0.5, 0.6) is 0 Å². The zero-order valence-corrected chi connectivity index (χ0v) is 19.6. The van der Waals surface area contributed by atoms with Crippen LogP contribution in [0.2, 0.25) is 0 Å². The Kier molecular flexibility index (Phi) is 5.14. The van der Waals surface area contributed by atoms with Gasteiger partial charge in [0.15, 0.2) is 0 Å². The molecule has 1 fully saturated rings. The maximum absolute atomic E-state index is 13.3. The van der Waals surface area contributed by atoms with Gasteiger partial charge in [0.2, 0.25) is 10.0 Å². The van der Waals surface area contributed by atoms with Gasteiger partial charge in [0.1, 0.15) is 39.7 Å². The molecular formula is C20H22N8O2S2. The predicted molar refractivity (Wildman–Crippen MR) is 122 cm³/mol. The Hall–Kier alpha value is -2.96. The molecule has 32 heavy (non-hydrogen) atoms. The predicted octanol–water partition coefficient (Wildman–Crippen LogP) is 2.10. The largest absolute Gasteiger partial charge is 0.354 e. The number of anilines is 1. The summed E-state index contributed by atoms with van der Waals surface area (Å²) >= 11 is 1.02. The smallest absolute Gasteiger partial charge is 0.245 e. The molecule has 3 aromatic heterocycles. The third-order valence-corrected chi connectivity index (χ3v) is 8.21. The first-order chi connectivity index (χ1) is 15.3. The van der Waals surface area contributed by atoms with Gasteiger partial charge in [0.05, 0.1) is 17.4 Å². The zero-order chi connectivity index (χ0) is 22.5. The Bertz CT molecular complexity index is 1400. The number of benzene rings is 1. The average Bonchev–Trinajstić information content (AvgIpc) is 3.40. The number of aryl methyl sites for hydroxylation is 2. The van der Waals surface area contributed by atoms with Gasteiger partial charge >= 0.3 is 0 Å². The topological polar surface area (TPSA) is 110 Å². The fraction of sp³-hybridized carbons (Fsp3) is 0.350. The van der Waals surface area contributed by atoms with Crippen molar-refractivity contribution in [3.8, 4) is 5.82 Å². The molecule has 1 aliphatic heterocycles. The van der Waals surface area contributed by atoms with Gasteiger partial charge in [-0.15, -0.1) is 0 Å². The summed E-state index contributed by atoms with van der Waals surface area (Å²) in [5.74, 6) is 2.19. The Morgan fingerprint density at radius 2 is 1.72 bits per heavy atom. The van der Waals surface area contributed by atoms with Crippen molar-refractivity contribution in [1.29, 1.82) is 0 Å². The molecule has 0 atom stereocenters. The van der Waals surface area contributed by atoms with E-state index < -0.39 is 10.0 Å². The number of sulfonamides is 1. The molecule has 0 amide bonds. The summed E-state index contributed by atoms with van der Waals surface area (Å²) in [6.45, 7) is 7.60. The van der Waals surface area contributed by atoms with Crippen LogP contribution in [-0.4, -0.2) is 67.2 Å². The lowest BCUT2D eigenvalue weighted by molar-refractivity contribution is 0.384. The Balaban J connectivity index is 1.38. The zero-order valence-electron chi connectivity index (χ0n) is 17.9. The molecule has 0 N–H and O–H groups in total. The third kappa shape index (κ3) is 3.53. The van der Waals surface area contributed by atoms with E-state index >= 15 is 0 Å². The van der Waals surface area contributed by atoms with E-state index in [1.165, 1.54) is 4.31 Å². The maximum Gasteiger partial charge on any atom is 0.245 e. The van der Waals surface area contributed by atoms with Crippen molar-refractivity contribution >= 4 is 38.6 Å². The van der Waals surface area contributed by atoms with Crippen molar-refractivity contribution in [1.82, 2.24) is 32.6 Å². The van der Waals surface area contributed by atoms with Crippen LogP contribution in [0.15, 0.2) is 35.5 Å². The number of fused-ring (bicyclic) bond motifs is 1. The molecule has 166 valence electrons. The van der Waals surface area contributed by atoms with Gasteiger partial charge in [-0.1, -0.05) is 6.07 Å². The van der Waals surface area contributed by atoms with Crippen molar-refractivity contribution in [3.63, 3.8) is 0 Å². The molecular weight excluding hydrogens is 448 g/mol. The molecule has 4 heterocycles. The van der Waals surface area contributed by atoms with Crippen LogP contribution in [0.4, 0.5) is 5.82 Å². The molecule has 0 unspecified atom stereocenters. The SMILES string of the molecule is Cc1nc(N2CCN(S(=O)(=O)c3cccc4nsnc34)CC2)cc(-n2cnc(C)c2C)n1. The molecule has 0 spiro atoms. The quantitative estimate of drug-likeness (QED) is 0.446. The van der Waals surface area contributed by atoms with Crippen LogP contribution in [-0.2, 0) is 10.0 Å². The minimum Gasteiger partial charge on any atom is -0.354 e. The molecule has 0 bridgehead atoms. The molecule has 10 nitrogen and oxygen atoms in total. The molecule has 1 aliphatic rings. The van der Waals surface area contributed by atoms with E-state index in [1.54, 1.807) is 24.5 Å². The highest BCUT2D eigenvalue weighted by atomic mass is 32.2. The second-order valence-corrected chi connectivity index (χ2v) is 10.1. The van der Waals surface area contributed by atoms with Gasteiger partial charge in [-0.3, -0.25) is 4.57 Å². The van der Waals surface area contributed by atoms with Crippen LogP contribution < -0.4 is 4.90 Å². The summed E-state index contributed by atoms with van der Waals surface area (Å²) in [7, 11) is -3.66. The number of imidazole rings is 1. The minimum absolute atomic E-state index is 0.211. The van der Waals surface area contributed by atoms with Gasteiger partial charge in [-0.25, -0.2) is 23.4 Å². The van der Waals surface area contributed by atoms with Crippen LogP contribution in [0.1, 0.15) is 17.2 Å². The Labute approximate surface area is 189 Å². The second-order valence-electron chi connectivity index (χ2n) is 7.70. The maximum atomic E-state index is 13.3. The van der Waals surface area contributed by atoms with E-state index in [-0.39, 0.29) is 4.90 Å². The van der Waals surface area contributed by atoms with Crippen LogP contribution >= 0.6 is 11.7 Å². The summed E-state index contributed by atoms with van der Waals surface area (Å²) in [6, 6.07) is 7.00. The van der Waals surface area contributed by atoms with E-state index in [1.807, 2.05) is 31.4 Å². The van der Waals surface area contributed by atoms with Gasteiger partial charge < -0.3 is 4.90 Å². The molecule has 5 rings (SSSR count). The first-order valence-corrected chi connectivity index (χ1v) is 12.3. The van der Waals surface area contributed by atoms with Crippen LogP contribution in [0, 0.1) is 20.8 Å². The first-order valence-electron chi connectivity index (χ1n) is 10.2. The molecule has 12 heteroatoms. The van der Waals surface area contributed by atoms with E-state index in [0.717, 1.165) is 34.8 Å². The summed E-state index contributed by atoms with van der Waals surface area (Å²) < 4.78 is 38.4. The average molecular weight is 471 g/mol. The number of hydrogen-bond donors (Lipinski definition) is 0. The molecule has 0 saturated carbocycles. The van der Waals surface area contributed by atoms with E-state index in [9.17, 15) is 8.42 Å². The molecule has 1 aromatic carbocycles. The van der Waals surface area contributed by atoms with E-state index in [4.69, 9.17) is 0 Å². The fourth-order valence-electron chi connectivity index (χ4n) is 3.84. The van der Waals surface area contributed by atoms with Crippen molar-refractivity contribution in [2.24, 2.45) is 0 Å². The van der Waals surface area contributed by atoms with E-state index in [2.05, 4.69) is 28.6 Å². The number of hydrogen-bond acceptors (Lipinski definition) is 9. The summed E-state index contributed by atoms with van der Waals surface area (Å²) in [5, 5.41) is 0. The number of rotatable bonds is 4.